The van der Waals surface area contributed by atoms with Crippen molar-refractivity contribution in [3.63, 3.8) is 0 Å². The van der Waals surface area contributed by atoms with Gasteiger partial charge in [0.2, 0.25) is 0 Å². The number of hydrogen-bond acceptors (Lipinski definition) is 2. The number of fused-ring (bicyclic) bond motifs is 1. The van der Waals surface area contributed by atoms with Gasteiger partial charge in [0.15, 0.2) is 5.60 Å². The van der Waals surface area contributed by atoms with Gasteiger partial charge in [-0.25, -0.2) is 4.79 Å². The topological polar surface area (TPSA) is 57.5 Å². The highest BCUT2D eigenvalue weighted by molar-refractivity contribution is 5.80. The third-order valence-electron chi connectivity index (χ3n) is 3.31. The van der Waals surface area contributed by atoms with E-state index < -0.39 is 11.6 Å². The summed E-state index contributed by atoms with van der Waals surface area (Å²) in [5.74, 6) is -1.40. The van der Waals surface area contributed by atoms with Gasteiger partial charge in [-0.05, 0) is 24.0 Å². The summed E-state index contributed by atoms with van der Waals surface area (Å²) in [4.78, 5) is 11.2. The lowest BCUT2D eigenvalue weighted by Gasteiger charge is -2.36. The molecule has 0 amide bonds. The van der Waals surface area contributed by atoms with E-state index in [9.17, 15) is 9.90 Å². The number of hydrogen-bond donors (Lipinski definition) is 2. The maximum Gasteiger partial charge on any atom is 0.340 e. The number of carboxylic acids is 1. The Morgan fingerprint density at radius 3 is 2.80 bits per heavy atom. The van der Waals surface area contributed by atoms with Gasteiger partial charge in [-0.15, -0.1) is 0 Å². The predicted octanol–water partition coefficient (Wildman–Crippen LogP) is 1.54. The van der Waals surface area contributed by atoms with E-state index >= 15 is 0 Å². The standard InChI is InChI=1S/C12H14O3/c1-8-6-7-9-4-2-3-5-10(9)12(8,15)11(13)14/h2-5,8,15H,6-7H2,1H3,(H,13,14). The van der Waals surface area contributed by atoms with Crippen LogP contribution in [0.5, 0.6) is 0 Å². The quantitative estimate of drug-likeness (QED) is 0.732. The normalized spacial score (nSPS) is 29.6. The van der Waals surface area contributed by atoms with E-state index in [2.05, 4.69) is 0 Å². The second-order valence-electron chi connectivity index (χ2n) is 4.17. The minimum atomic E-state index is -1.71. The first kappa shape index (κ1) is 10.2. The van der Waals surface area contributed by atoms with Crippen LogP contribution >= 0.6 is 0 Å². The van der Waals surface area contributed by atoms with Gasteiger partial charge < -0.3 is 10.2 Å². The Morgan fingerprint density at radius 1 is 1.47 bits per heavy atom. The van der Waals surface area contributed by atoms with Crippen molar-refractivity contribution >= 4 is 5.97 Å². The number of rotatable bonds is 1. The molecule has 1 aromatic carbocycles. The zero-order valence-electron chi connectivity index (χ0n) is 8.60. The fourth-order valence-electron chi connectivity index (χ4n) is 2.28. The Labute approximate surface area is 88.4 Å². The summed E-state index contributed by atoms with van der Waals surface area (Å²) in [7, 11) is 0. The van der Waals surface area contributed by atoms with Crippen LogP contribution in [0.4, 0.5) is 0 Å². The Hall–Kier alpha value is -1.35. The molecule has 3 heteroatoms. The Kier molecular flexibility index (Phi) is 2.27. The van der Waals surface area contributed by atoms with E-state index in [-0.39, 0.29) is 5.92 Å². The molecule has 0 saturated heterocycles. The van der Waals surface area contributed by atoms with Crippen LogP contribution in [0.2, 0.25) is 0 Å². The highest BCUT2D eigenvalue weighted by Crippen LogP contribution is 2.39. The Morgan fingerprint density at radius 2 is 2.13 bits per heavy atom. The van der Waals surface area contributed by atoms with Crippen molar-refractivity contribution in [3.8, 4) is 0 Å². The van der Waals surface area contributed by atoms with Crippen LogP contribution in [0.15, 0.2) is 24.3 Å². The number of carbonyl (C=O) groups is 1. The first-order chi connectivity index (χ1) is 7.06. The first-order valence-corrected chi connectivity index (χ1v) is 5.11. The molecule has 15 heavy (non-hydrogen) atoms. The van der Waals surface area contributed by atoms with E-state index in [4.69, 9.17) is 5.11 Å². The van der Waals surface area contributed by atoms with Crippen LogP contribution in [0.25, 0.3) is 0 Å². The number of aryl methyl sites for hydroxylation is 1. The summed E-state index contributed by atoms with van der Waals surface area (Å²) in [5.41, 5.74) is -0.216. The van der Waals surface area contributed by atoms with Crippen molar-refractivity contribution in [2.45, 2.75) is 25.4 Å². The lowest BCUT2D eigenvalue weighted by molar-refractivity contribution is -0.167. The Bertz CT molecular complexity index is 400. The number of aliphatic hydroxyl groups is 1. The van der Waals surface area contributed by atoms with Crippen LogP contribution in [-0.4, -0.2) is 16.2 Å². The molecule has 0 bridgehead atoms. The van der Waals surface area contributed by atoms with Crippen LogP contribution in [0.3, 0.4) is 0 Å². The second-order valence-corrected chi connectivity index (χ2v) is 4.17. The predicted molar refractivity (Wildman–Crippen MR) is 55.5 cm³/mol. The first-order valence-electron chi connectivity index (χ1n) is 5.11. The van der Waals surface area contributed by atoms with Crippen LogP contribution < -0.4 is 0 Å². The molecular weight excluding hydrogens is 192 g/mol. The lowest BCUT2D eigenvalue weighted by Crippen LogP contribution is -2.45. The molecule has 2 atom stereocenters. The monoisotopic (exact) mass is 206 g/mol. The van der Waals surface area contributed by atoms with Crippen molar-refractivity contribution in [2.75, 3.05) is 0 Å². The van der Waals surface area contributed by atoms with Gasteiger partial charge in [-0.1, -0.05) is 31.2 Å². The van der Waals surface area contributed by atoms with Crippen LogP contribution in [0, 0.1) is 5.92 Å². The van der Waals surface area contributed by atoms with E-state index in [1.165, 1.54) is 0 Å². The minimum Gasteiger partial charge on any atom is -0.479 e. The van der Waals surface area contributed by atoms with E-state index in [0.717, 1.165) is 12.0 Å². The van der Waals surface area contributed by atoms with Gasteiger partial charge in [0.25, 0.3) is 0 Å². The van der Waals surface area contributed by atoms with Crippen molar-refractivity contribution in [2.24, 2.45) is 5.92 Å². The molecule has 0 aromatic heterocycles. The third-order valence-corrected chi connectivity index (χ3v) is 3.31. The van der Waals surface area contributed by atoms with Gasteiger partial charge in [0, 0.05) is 5.92 Å². The molecule has 2 unspecified atom stereocenters. The zero-order chi connectivity index (χ0) is 11.1. The molecule has 0 spiro atoms. The van der Waals surface area contributed by atoms with Crippen LogP contribution in [-0.2, 0) is 16.8 Å². The van der Waals surface area contributed by atoms with Gasteiger partial charge in [0.05, 0.1) is 0 Å². The lowest BCUT2D eigenvalue weighted by atomic mass is 9.72. The fraction of sp³-hybridized carbons (Fsp3) is 0.417. The molecule has 0 fully saturated rings. The smallest absolute Gasteiger partial charge is 0.340 e. The zero-order valence-corrected chi connectivity index (χ0v) is 8.60. The highest BCUT2D eigenvalue weighted by Gasteiger charge is 2.46. The second kappa shape index (κ2) is 3.35. The molecule has 80 valence electrons. The summed E-state index contributed by atoms with van der Waals surface area (Å²) in [6.45, 7) is 1.78. The number of aliphatic carboxylic acids is 1. The van der Waals surface area contributed by atoms with Gasteiger partial charge in [0.1, 0.15) is 0 Å². The summed E-state index contributed by atoms with van der Waals surface area (Å²) in [6.07, 6.45) is 1.55. The van der Waals surface area contributed by atoms with Crippen molar-refractivity contribution in [3.05, 3.63) is 35.4 Å². The molecule has 0 heterocycles. The van der Waals surface area contributed by atoms with Gasteiger partial charge >= 0.3 is 5.97 Å². The fourth-order valence-corrected chi connectivity index (χ4v) is 2.28. The minimum absolute atomic E-state index is 0.245. The van der Waals surface area contributed by atoms with Crippen molar-refractivity contribution < 1.29 is 15.0 Å². The number of benzene rings is 1. The molecular formula is C12H14O3. The number of carboxylic acid groups (broad SMARTS) is 1. The SMILES string of the molecule is CC1CCc2ccccc2C1(O)C(=O)O. The van der Waals surface area contributed by atoms with Gasteiger partial charge in [-0.2, -0.15) is 0 Å². The average Bonchev–Trinajstić information content (AvgIpc) is 2.23. The molecule has 0 aliphatic heterocycles. The van der Waals surface area contributed by atoms with E-state index in [1.54, 1.807) is 19.1 Å². The molecule has 2 rings (SSSR count). The molecule has 3 nitrogen and oxygen atoms in total. The summed E-state index contributed by atoms with van der Waals surface area (Å²) in [6, 6.07) is 7.23. The molecule has 0 radical (unpaired) electrons. The van der Waals surface area contributed by atoms with Gasteiger partial charge in [-0.3, -0.25) is 0 Å². The highest BCUT2D eigenvalue weighted by atomic mass is 16.4. The van der Waals surface area contributed by atoms with Crippen molar-refractivity contribution in [1.29, 1.82) is 0 Å². The third kappa shape index (κ3) is 1.35. The summed E-state index contributed by atoms with van der Waals surface area (Å²) in [5, 5.41) is 19.4. The van der Waals surface area contributed by atoms with E-state index in [1.807, 2.05) is 12.1 Å². The molecule has 1 aromatic rings. The Balaban J connectivity index is 2.60. The maximum absolute atomic E-state index is 11.2. The molecule has 2 N–H and O–H groups in total. The molecule has 0 saturated carbocycles. The summed E-state index contributed by atoms with van der Waals surface area (Å²) < 4.78 is 0. The summed E-state index contributed by atoms with van der Waals surface area (Å²) >= 11 is 0. The van der Waals surface area contributed by atoms with E-state index in [0.29, 0.717) is 12.0 Å². The largest absolute Gasteiger partial charge is 0.479 e. The maximum atomic E-state index is 11.2. The molecule has 1 aliphatic carbocycles. The average molecular weight is 206 g/mol. The van der Waals surface area contributed by atoms with Crippen LogP contribution in [0.1, 0.15) is 24.5 Å². The van der Waals surface area contributed by atoms with Crippen molar-refractivity contribution in [1.82, 2.24) is 0 Å². The molecule has 1 aliphatic rings.